The third-order valence-electron chi connectivity index (χ3n) is 4.78. The first-order valence-corrected chi connectivity index (χ1v) is 10.1. The maximum atomic E-state index is 12.3. The number of nitrogens with one attached hydrogen (secondary N) is 1. The van der Waals surface area contributed by atoms with E-state index in [1.165, 1.54) is 24.8 Å². The van der Waals surface area contributed by atoms with Crippen molar-refractivity contribution < 1.29 is 23.8 Å². The third-order valence-corrected chi connectivity index (χ3v) is 5.09. The molecule has 0 aliphatic carbocycles. The van der Waals surface area contributed by atoms with E-state index in [0.717, 1.165) is 5.56 Å². The second-order valence-corrected chi connectivity index (χ2v) is 7.69. The molecule has 7 nitrogen and oxygen atoms in total. The van der Waals surface area contributed by atoms with Gasteiger partial charge in [-0.15, -0.1) is 0 Å². The number of carboxylic acid groups (broad SMARTS) is 1. The maximum absolute atomic E-state index is 12.3. The number of methoxy groups -OCH3 is 1. The molecular formula is C23H23ClN2O5. The van der Waals surface area contributed by atoms with E-state index in [1.807, 2.05) is 12.1 Å². The predicted molar refractivity (Wildman–Crippen MR) is 118 cm³/mol. The zero-order chi connectivity index (χ0) is 22.5. The molecule has 0 saturated heterocycles. The lowest BCUT2D eigenvalue weighted by Crippen LogP contribution is -2.13. The number of halogens is 1. The van der Waals surface area contributed by atoms with Gasteiger partial charge < -0.3 is 19.6 Å². The van der Waals surface area contributed by atoms with Gasteiger partial charge in [0.05, 0.1) is 24.0 Å². The summed E-state index contributed by atoms with van der Waals surface area (Å²) in [5.74, 6) is 0.161. The number of aryl methyl sites for hydroxylation is 1. The number of carbonyl (C=O) groups is 2. The minimum Gasteiger partial charge on any atom is -0.496 e. The Morgan fingerprint density at radius 1 is 1.23 bits per heavy atom. The van der Waals surface area contributed by atoms with Crippen molar-refractivity contribution in [3.05, 3.63) is 64.6 Å². The SMILES string of the molecule is COc1cc(NC(=O)CCc2ncc(-c3ccc(C(C)C)cc3)o2)c(Cl)cc1C(=O)O. The standard InChI is InChI=1S/C23H23ClN2O5/c1-13(2)14-4-6-15(7-5-14)20-12-25-22(31-20)9-8-21(27)26-18-11-19(30-3)16(23(28)29)10-17(18)24/h4-7,10-13H,8-9H2,1-3H3,(H,26,27)(H,28,29). The van der Waals surface area contributed by atoms with Crippen LogP contribution in [-0.4, -0.2) is 29.1 Å². The van der Waals surface area contributed by atoms with E-state index in [1.54, 1.807) is 6.20 Å². The van der Waals surface area contributed by atoms with Crippen LogP contribution in [0.15, 0.2) is 47.0 Å². The molecule has 8 heteroatoms. The smallest absolute Gasteiger partial charge is 0.339 e. The average molecular weight is 443 g/mol. The van der Waals surface area contributed by atoms with E-state index in [2.05, 4.69) is 36.3 Å². The minimum atomic E-state index is -1.17. The lowest BCUT2D eigenvalue weighted by Gasteiger charge is -2.11. The summed E-state index contributed by atoms with van der Waals surface area (Å²) in [5.41, 5.74) is 2.35. The van der Waals surface area contributed by atoms with Crippen molar-refractivity contribution >= 4 is 29.2 Å². The van der Waals surface area contributed by atoms with Gasteiger partial charge in [0, 0.05) is 24.5 Å². The number of benzene rings is 2. The summed E-state index contributed by atoms with van der Waals surface area (Å²) in [6, 6.07) is 10.7. The quantitative estimate of drug-likeness (QED) is 0.484. The lowest BCUT2D eigenvalue weighted by atomic mass is 10.0. The molecule has 0 aliphatic heterocycles. The van der Waals surface area contributed by atoms with E-state index >= 15 is 0 Å². The van der Waals surface area contributed by atoms with Crippen molar-refractivity contribution in [2.45, 2.75) is 32.6 Å². The monoisotopic (exact) mass is 442 g/mol. The zero-order valence-corrected chi connectivity index (χ0v) is 18.2. The number of carbonyl (C=O) groups excluding carboxylic acids is 1. The molecule has 2 N–H and O–H groups in total. The Hall–Kier alpha value is -3.32. The highest BCUT2D eigenvalue weighted by Gasteiger charge is 2.17. The first kappa shape index (κ1) is 22.4. The molecule has 1 heterocycles. The van der Waals surface area contributed by atoms with Crippen LogP contribution in [0.1, 0.15) is 48.0 Å². The fourth-order valence-electron chi connectivity index (χ4n) is 3.01. The van der Waals surface area contributed by atoms with Crippen LogP contribution < -0.4 is 10.1 Å². The summed E-state index contributed by atoms with van der Waals surface area (Å²) in [6.07, 6.45) is 2.06. The number of hydrogen-bond acceptors (Lipinski definition) is 5. The number of ether oxygens (including phenoxy) is 1. The number of oxazole rings is 1. The van der Waals surface area contributed by atoms with E-state index in [-0.39, 0.29) is 34.4 Å². The highest BCUT2D eigenvalue weighted by Crippen LogP contribution is 2.31. The van der Waals surface area contributed by atoms with Crippen molar-refractivity contribution in [2.24, 2.45) is 0 Å². The summed E-state index contributed by atoms with van der Waals surface area (Å²) in [7, 11) is 1.35. The molecule has 3 rings (SSSR count). The van der Waals surface area contributed by atoms with Crippen molar-refractivity contribution in [3.63, 3.8) is 0 Å². The van der Waals surface area contributed by atoms with Crippen LogP contribution in [0.4, 0.5) is 5.69 Å². The van der Waals surface area contributed by atoms with E-state index in [0.29, 0.717) is 24.0 Å². The van der Waals surface area contributed by atoms with Crippen LogP contribution in [0.25, 0.3) is 11.3 Å². The molecule has 0 fully saturated rings. The molecule has 1 aromatic heterocycles. The predicted octanol–water partition coefficient (Wildman–Crippen LogP) is 5.40. The van der Waals surface area contributed by atoms with Crippen LogP contribution in [0.3, 0.4) is 0 Å². The Morgan fingerprint density at radius 3 is 2.55 bits per heavy atom. The number of anilines is 1. The number of carboxylic acids is 1. The molecule has 0 radical (unpaired) electrons. The van der Waals surface area contributed by atoms with Crippen molar-refractivity contribution in [2.75, 3.05) is 12.4 Å². The van der Waals surface area contributed by atoms with Crippen LogP contribution >= 0.6 is 11.6 Å². The van der Waals surface area contributed by atoms with Gasteiger partial charge in [0.1, 0.15) is 11.3 Å². The lowest BCUT2D eigenvalue weighted by molar-refractivity contribution is -0.116. The van der Waals surface area contributed by atoms with Gasteiger partial charge in [0.15, 0.2) is 11.7 Å². The van der Waals surface area contributed by atoms with Gasteiger partial charge in [-0.2, -0.15) is 0 Å². The largest absolute Gasteiger partial charge is 0.496 e. The normalized spacial score (nSPS) is 10.9. The van der Waals surface area contributed by atoms with Crippen molar-refractivity contribution in [1.29, 1.82) is 0 Å². The second-order valence-electron chi connectivity index (χ2n) is 7.28. The third kappa shape index (κ3) is 5.44. The Labute approximate surface area is 185 Å². The summed E-state index contributed by atoms with van der Waals surface area (Å²) in [6.45, 7) is 4.27. The number of amides is 1. The molecule has 2 aromatic carbocycles. The number of aromatic carboxylic acids is 1. The van der Waals surface area contributed by atoms with E-state index in [4.69, 9.17) is 20.8 Å². The molecule has 0 aliphatic rings. The molecule has 0 bridgehead atoms. The molecule has 162 valence electrons. The Balaban J connectivity index is 1.62. The Morgan fingerprint density at radius 2 is 1.94 bits per heavy atom. The van der Waals surface area contributed by atoms with Crippen LogP contribution in [0, 0.1) is 0 Å². The van der Waals surface area contributed by atoms with Crippen molar-refractivity contribution in [1.82, 2.24) is 4.98 Å². The van der Waals surface area contributed by atoms with Gasteiger partial charge in [-0.3, -0.25) is 4.79 Å². The molecule has 0 atom stereocenters. The van der Waals surface area contributed by atoms with Gasteiger partial charge in [-0.1, -0.05) is 49.7 Å². The summed E-state index contributed by atoms with van der Waals surface area (Å²) >= 11 is 6.10. The van der Waals surface area contributed by atoms with Gasteiger partial charge in [-0.25, -0.2) is 9.78 Å². The van der Waals surface area contributed by atoms with Crippen LogP contribution in [0.5, 0.6) is 5.75 Å². The van der Waals surface area contributed by atoms with Crippen LogP contribution in [0.2, 0.25) is 5.02 Å². The van der Waals surface area contributed by atoms with Crippen LogP contribution in [-0.2, 0) is 11.2 Å². The van der Waals surface area contributed by atoms with E-state index < -0.39 is 5.97 Å². The molecule has 0 unspecified atom stereocenters. The number of hydrogen-bond donors (Lipinski definition) is 2. The molecular weight excluding hydrogens is 420 g/mol. The highest BCUT2D eigenvalue weighted by molar-refractivity contribution is 6.34. The molecule has 0 spiro atoms. The van der Waals surface area contributed by atoms with E-state index in [9.17, 15) is 14.7 Å². The second kappa shape index (κ2) is 9.66. The van der Waals surface area contributed by atoms with Crippen molar-refractivity contribution in [3.8, 4) is 17.1 Å². The topological polar surface area (TPSA) is 102 Å². The number of rotatable bonds is 8. The summed E-state index contributed by atoms with van der Waals surface area (Å²) in [4.78, 5) is 27.8. The molecule has 31 heavy (non-hydrogen) atoms. The average Bonchev–Trinajstić information content (AvgIpc) is 3.22. The Kier molecular flexibility index (Phi) is 6.97. The zero-order valence-electron chi connectivity index (χ0n) is 17.4. The molecule has 1 amide bonds. The van der Waals surface area contributed by atoms with Gasteiger partial charge in [0.25, 0.3) is 0 Å². The molecule has 3 aromatic rings. The van der Waals surface area contributed by atoms with Gasteiger partial charge >= 0.3 is 5.97 Å². The first-order valence-electron chi connectivity index (χ1n) is 9.74. The Bertz CT molecular complexity index is 1090. The number of nitrogens with zero attached hydrogens (tertiary/aromatic N) is 1. The summed E-state index contributed by atoms with van der Waals surface area (Å²) in [5, 5.41) is 12.0. The fourth-order valence-corrected chi connectivity index (χ4v) is 3.22. The van der Waals surface area contributed by atoms with Gasteiger partial charge in [-0.05, 0) is 17.5 Å². The minimum absolute atomic E-state index is 0.0840. The maximum Gasteiger partial charge on any atom is 0.339 e. The number of aromatic nitrogens is 1. The summed E-state index contributed by atoms with van der Waals surface area (Å²) < 4.78 is 10.8. The highest BCUT2D eigenvalue weighted by atomic mass is 35.5. The molecule has 0 saturated carbocycles. The first-order chi connectivity index (χ1) is 14.8. The fraction of sp³-hybridized carbons (Fsp3) is 0.261. The van der Waals surface area contributed by atoms with Gasteiger partial charge in [0.2, 0.25) is 5.91 Å².